The molecule has 100 valence electrons. The minimum atomic E-state index is -0.430. The molecule has 6 nitrogen and oxygen atoms in total. The van der Waals surface area contributed by atoms with Gasteiger partial charge in [-0.15, -0.1) is 0 Å². The first kappa shape index (κ1) is 13.1. The molecular weight excluding hydrogens is 234 g/mol. The van der Waals surface area contributed by atoms with Crippen molar-refractivity contribution in [1.29, 1.82) is 0 Å². The van der Waals surface area contributed by atoms with Gasteiger partial charge >= 0.3 is 5.91 Å². The van der Waals surface area contributed by atoms with Crippen LogP contribution in [0, 0.1) is 5.92 Å². The van der Waals surface area contributed by atoms with Crippen LogP contribution < -0.4 is 11.3 Å². The smallest absolute Gasteiger partial charge is 0.301 e. The van der Waals surface area contributed by atoms with Crippen molar-refractivity contribution in [3.63, 3.8) is 0 Å². The number of β-amino-alcohol motifs (C(OH)–C–C–N with tert-alkyl or cyclic N) is 1. The van der Waals surface area contributed by atoms with Gasteiger partial charge in [-0.1, -0.05) is 6.92 Å². The average molecular weight is 253 g/mol. The summed E-state index contributed by atoms with van der Waals surface area (Å²) in [7, 11) is 0. The first-order chi connectivity index (χ1) is 8.61. The summed E-state index contributed by atoms with van der Waals surface area (Å²) in [5, 5.41) is 9.84. The van der Waals surface area contributed by atoms with Crippen molar-refractivity contribution in [1.82, 2.24) is 10.3 Å². The Kier molecular flexibility index (Phi) is 4.00. The molecule has 2 rings (SSSR count). The van der Waals surface area contributed by atoms with Crippen molar-refractivity contribution in [2.45, 2.75) is 26.0 Å². The topological polar surface area (TPSA) is 91.7 Å². The third-order valence-electron chi connectivity index (χ3n) is 3.48. The Morgan fingerprint density at radius 3 is 3.17 bits per heavy atom. The van der Waals surface area contributed by atoms with Crippen molar-refractivity contribution < 1.29 is 14.3 Å². The van der Waals surface area contributed by atoms with Gasteiger partial charge in [-0.05, 0) is 24.9 Å². The number of hydrogen-bond acceptors (Lipinski definition) is 5. The van der Waals surface area contributed by atoms with Crippen molar-refractivity contribution in [3.8, 4) is 0 Å². The number of aliphatic hydroxyl groups excluding tert-OH is 1. The predicted molar refractivity (Wildman–Crippen MR) is 65.4 cm³/mol. The van der Waals surface area contributed by atoms with E-state index in [9.17, 15) is 9.90 Å². The molecule has 1 aromatic rings. The number of nitrogens with two attached hydrogens (primary N) is 1. The Labute approximate surface area is 106 Å². The molecule has 4 N–H and O–H groups in total. The van der Waals surface area contributed by atoms with Gasteiger partial charge < -0.3 is 9.52 Å². The largest absolute Gasteiger partial charge is 0.459 e. The quantitative estimate of drug-likeness (QED) is 0.403. The van der Waals surface area contributed by atoms with E-state index < -0.39 is 5.91 Å². The molecule has 1 fully saturated rings. The Morgan fingerprint density at radius 1 is 1.72 bits per heavy atom. The number of nitrogens with one attached hydrogen (secondary N) is 1. The molecule has 2 unspecified atom stereocenters. The van der Waals surface area contributed by atoms with Crippen LogP contribution in [-0.2, 0) is 6.54 Å². The highest BCUT2D eigenvalue weighted by atomic mass is 16.3. The predicted octanol–water partition coefficient (Wildman–Crippen LogP) is 0.0858. The number of hydrogen-bond donors (Lipinski definition) is 3. The van der Waals surface area contributed by atoms with E-state index in [0.29, 0.717) is 19.0 Å². The van der Waals surface area contributed by atoms with Gasteiger partial charge in [0.25, 0.3) is 0 Å². The zero-order valence-corrected chi connectivity index (χ0v) is 10.4. The van der Waals surface area contributed by atoms with E-state index in [1.165, 1.54) is 6.26 Å². The molecule has 0 radical (unpaired) electrons. The van der Waals surface area contributed by atoms with Crippen LogP contribution in [0.2, 0.25) is 0 Å². The third kappa shape index (κ3) is 2.72. The van der Waals surface area contributed by atoms with Gasteiger partial charge in [0.1, 0.15) is 0 Å². The van der Waals surface area contributed by atoms with E-state index >= 15 is 0 Å². The monoisotopic (exact) mass is 253 g/mol. The summed E-state index contributed by atoms with van der Waals surface area (Å²) in [4.78, 5) is 13.6. The van der Waals surface area contributed by atoms with Gasteiger partial charge in [-0.25, -0.2) is 5.84 Å². The van der Waals surface area contributed by atoms with E-state index in [0.717, 1.165) is 18.5 Å². The second-order valence-corrected chi connectivity index (χ2v) is 4.82. The standard InChI is InChI=1S/C12H19N3O3/c1-8-2-4-15(7-10(8)16)6-9-3-5-18-11(9)12(17)14-13/h3,5,8,10,16H,2,4,6-7,13H2,1H3,(H,14,17). The number of carbonyl (C=O) groups excluding carboxylic acids is 1. The number of rotatable bonds is 3. The maximum Gasteiger partial charge on any atom is 0.301 e. The van der Waals surface area contributed by atoms with Crippen LogP contribution in [0.25, 0.3) is 0 Å². The molecule has 0 aliphatic carbocycles. The van der Waals surface area contributed by atoms with Crippen LogP contribution in [0.15, 0.2) is 16.7 Å². The number of aliphatic hydroxyl groups is 1. The molecule has 1 saturated heterocycles. The van der Waals surface area contributed by atoms with Crippen LogP contribution in [-0.4, -0.2) is 35.1 Å². The molecule has 0 saturated carbocycles. The van der Waals surface area contributed by atoms with Crippen LogP contribution >= 0.6 is 0 Å². The number of carbonyl (C=O) groups is 1. The normalized spacial score (nSPS) is 25.1. The van der Waals surface area contributed by atoms with Gasteiger partial charge in [-0.3, -0.25) is 15.1 Å². The first-order valence-corrected chi connectivity index (χ1v) is 6.09. The molecule has 18 heavy (non-hydrogen) atoms. The van der Waals surface area contributed by atoms with E-state index in [1.54, 1.807) is 6.07 Å². The number of hydrazine groups is 1. The van der Waals surface area contributed by atoms with E-state index in [2.05, 4.69) is 10.3 Å². The molecule has 1 aromatic heterocycles. The minimum absolute atomic E-state index is 0.241. The summed E-state index contributed by atoms with van der Waals surface area (Å²) in [6, 6.07) is 1.76. The second-order valence-electron chi connectivity index (χ2n) is 4.82. The lowest BCUT2D eigenvalue weighted by Gasteiger charge is -2.34. The second kappa shape index (κ2) is 5.51. The van der Waals surface area contributed by atoms with Crippen molar-refractivity contribution in [2.75, 3.05) is 13.1 Å². The van der Waals surface area contributed by atoms with Crippen LogP contribution in [0.5, 0.6) is 0 Å². The minimum Gasteiger partial charge on any atom is -0.459 e. The first-order valence-electron chi connectivity index (χ1n) is 6.09. The molecule has 0 bridgehead atoms. The van der Waals surface area contributed by atoms with Crippen LogP contribution in [0.3, 0.4) is 0 Å². The highest BCUT2D eigenvalue weighted by Gasteiger charge is 2.25. The fourth-order valence-electron chi connectivity index (χ4n) is 2.22. The lowest BCUT2D eigenvalue weighted by molar-refractivity contribution is 0.0257. The van der Waals surface area contributed by atoms with Gasteiger partial charge in [0, 0.05) is 18.7 Å². The van der Waals surface area contributed by atoms with Gasteiger partial charge in [0.2, 0.25) is 0 Å². The van der Waals surface area contributed by atoms with Crippen molar-refractivity contribution in [3.05, 3.63) is 23.7 Å². The molecule has 1 aliphatic heterocycles. The lowest BCUT2D eigenvalue weighted by atomic mass is 9.96. The molecule has 6 heteroatoms. The summed E-state index contributed by atoms with van der Waals surface area (Å²) in [6.45, 7) is 4.17. The maximum absolute atomic E-state index is 11.5. The van der Waals surface area contributed by atoms with Crippen molar-refractivity contribution in [2.24, 2.45) is 11.8 Å². The third-order valence-corrected chi connectivity index (χ3v) is 3.48. The molecule has 2 heterocycles. The Balaban J connectivity index is 2.02. The van der Waals surface area contributed by atoms with E-state index in [1.807, 2.05) is 6.92 Å². The molecule has 2 atom stereocenters. The van der Waals surface area contributed by atoms with Gasteiger partial charge in [0.05, 0.1) is 12.4 Å². The fraction of sp³-hybridized carbons (Fsp3) is 0.583. The van der Waals surface area contributed by atoms with Gasteiger partial charge in [0.15, 0.2) is 5.76 Å². The van der Waals surface area contributed by atoms with E-state index in [4.69, 9.17) is 10.3 Å². The number of furan rings is 1. The highest BCUT2D eigenvalue weighted by Crippen LogP contribution is 2.20. The number of likely N-dealkylation sites (tertiary alicyclic amines) is 1. The summed E-state index contributed by atoms with van der Waals surface area (Å²) in [5.74, 6) is 5.23. The molecule has 1 aliphatic rings. The Bertz CT molecular complexity index is 418. The van der Waals surface area contributed by atoms with Crippen molar-refractivity contribution >= 4 is 5.91 Å². The Morgan fingerprint density at radius 2 is 2.50 bits per heavy atom. The van der Waals surface area contributed by atoms with Gasteiger partial charge in [-0.2, -0.15) is 0 Å². The summed E-state index contributed by atoms with van der Waals surface area (Å²) in [6.07, 6.45) is 2.12. The fourth-order valence-corrected chi connectivity index (χ4v) is 2.22. The molecule has 0 aromatic carbocycles. The van der Waals surface area contributed by atoms with Crippen LogP contribution in [0.4, 0.5) is 0 Å². The summed E-state index contributed by atoms with van der Waals surface area (Å²) < 4.78 is 5.13. The zero-order valence-electron chi connectivity index (χ0n) is 10.4. The average Bonchev–Trinajstić information content (AvgIpc) is 2.81. The van der Waals surface area contributed by atoms with Crippen LogP contribution in [0.1, 0.15) is 29.5 Å². The summed E-state index contributed by atoms with van der Waals surface area (Å²) in [5.41, 5.74) is 2.85. The Hall–Kier alpha value is -1.37. The molecular formula is C12H19N3O3. The molecule has 1 amide bonds. The molecule has 0 spiro atoms. The van der Waals surface area contributed by atoms with E-state index in [-0.39, 0.29) is 11.9 Å². The number of amides is 1. The SMILES string of the molecule is CC1CCN(Cc2ccoc2C(=O)NN)CC1O. The highest BCUT2D eigenvalue weighted by molar-refractivity contribution is 5.92. The zero-order chi connectivity index (χ0) is 13.1. The number of nitrogens with zero attached hydrogens (tertiary/aromatic N) is 1. The lowest BCUT2D eigenvalue weighted by Crippen LogP contribution is -2.42. The number of piperidine rings is 1. The summed E-state index contributed by atoms with van der Waals surface area (Å²) >= 11 is 0. The maximum atomic E-state index is 11.5. The number of nitrogen functional groups attached to an aromatic ring is 1.